The fourth-order valence-corrected chi connectivity index (χ4v) is 2.80. The van der Waals surface area contributed by atoms with Crippen LogP contribution in [0.25, 0.3) is 0 Å². The number of likely N-dealkylation sites (tertiary alicyclic amines) is 1. The second-order valence-electron chi connectivity index (χ2n) is 6.65. The third kappa shape index (κ3) is 4.84. The lowest BCUT2D eigenvalue weighted by atomic mass is 9.95. The minimum absolute atomic E-state index is 0.0653. The van der Waals surface area contributed by atoms with E-state index < -0.39 is 0 Å². The fourth-order valence-electron chi connectivity index (χ4n) is 2.80. The number of nitrogens with zero attached hydrogens (tertiary/aromatic N) is 2. The molecule has 7 nitrogen and oxygen atoms in total. The molecule has 0 aromatic heterocycles. The topological polar surface area (TPSA) is 81.8 Å². The summed E-state index contributed by atoms with van der Waals surface area (Å²) in [6, 6.07) is 5.20. The summed E-state index contributed by atoms with van der Waals surface area (Å²) < 4.78 is 0. The van der Waals surface area contributed by atoms with Gasteiger partial charge in [-0.15, -0.1) is 0 Å². The van der Waals surface area contributed by atoms with Gasteiger partial charge in [0.25, 0.3) is 0 Å². The number of carbonyl (C=O) groups is 3. The van der Waals surface area contributed by atoms with E-state index >= 15 is 0 Å². The van der Waals surface area contributed by atoms with Gasteiger partial charge in [-0.2, -0.15) is 0 Å². The maximum Gasteiger partial charge on any atom is 0.321 e. The Balaban J connectivity index is 1.98. The zero-order valence-electron chi connectivity index (χ0n) is 15.5. The summed E-state index contributed by atoms with van der Waals surface area (Å²) in [5, 5.41) is 5.72. The third-order valence-corrected chi connectivity index (χ3v) is 4.50. The van der Waals surface area contributed by atoms with Gasteiger partial charge < -0.3 is 20.4 Å². The highest BCUT2D eigenvalue weighted by atomic mass is 16.2. The third-order valence-electron chi connectivity index (χ3n) is 4.50. The molecular weight excluding hydrogens is 332 g/mol. The van der Waals surface area contributed by atoms with E-state index in [1.807, 2.05) is 19.1 Å². The fraction of sp³-hybridized carbons (Fsp3) is 0.421. The molecule has 2 N–H and O–H groups in total. The Hall–Kier alpha value is -2.83. The van der Waals surface area contributed by atoms with Crippen LogP contribution in [0.4, 0.5) is 16.2 Å². The highest BCUT2D eigenvalue weighted by Gasteiger charge is 2.26. The van der Waals surface area contributed by atoms with E-state index in [0.717, 1.165) is 5.56 Å². The number of benzene rings is 1. The lowest BCUT2D eigenvalue weighted by Crippen LogP contribution is -2.40. The van der Waals surface area contributed by atoms with Crippen LogP contribution in [0.1, 0.15) is 18.4 Å². The van der Waals surface area contributed by atoms with E-state index in [1.165, 1.54) is 11.0 Å². The zero-order valence-corrected chi connectivity index (χ0v) is 15.5. The standard InChI is InChI=1S/C19H26N4O3/c1-5-17(24)23-10-8-14(9-11-23)18(25)20-15-7-6-13(2)16(12-15)21-19(26)22(3)4/h5-7,12,14H,1,8-11H2,2-4H3,(H,20,25)(H,21,26). The van der Waals surface area contributed by atoms with Gasteiger partial charge in [-0.1, -0.05) is 12.6 Å². The minimum Gasteiger partial charge on any atom is -0.339 e. The Labute approximate surface area is 154 Å². The van der Waals surface area contributed by atoms with Crippen molar-refractivity contribution in [3.8, 4) is 0 Å². The van der Waals surface area contributed by atoms with Gasteiger partial charge in [-0.3, -0.25) is 9.59 Å². The van der Waals surface area contributed by atoms with E-state index in [1.54, 1.807) is 25.1 Å². The van der Waals surface area contributed by atoms with Crippen molar-refractivity contribution in [3.05, 3.63) is 36.4 Å². The summed E-state index contributed by atoms with van der Waals surface area (Å²) in [5.74, 6) is -0.293. The summed E-state index contributed by atoms with van der Waals surface area (Å²) >= 11 is 0. The number of hydrogen-bond donors (Lipinski definition) is 2. The molecule has 0 spiro atoms. The molecule has 1 aliphatic rings. The van der Waals surface area contributed by atoms with Gasteiger partial charge in [0.2, 0.25) is 11.8 Å². The summed E-state index contributed by atoms with van der Waals surface area (Å²) in [5.41, 5.74) is 2.21. The van der Waals surface area contributed by atoms with Gasteiger partial charge >= 0.3 is 6.03 Å². The van der Waals surface area contributed by atoms with Crippen molar-refractivity contribution in [2.24, 2.45) is 5.92 Å². The van der Waals surface area contributed by atoms with Crippen LogP contribution >= 0.6 is 0 Å². The van der Waals surface area contributed by atoms with Gasteiger partial charge in [0.1, 0.15) is 0 Å². The highest BCUT2D eigenvalue weighted by Crippen LogP contribution is 2.23. The van der Waals surface area contributed by atoms with Gasteiger partial charge in [0, 0.05) is 44.5 Å². The van der Waals surface area contributed by atoms with Crippen molar-refractivity contribution in [2.75, 3.05) is 37.8 Å². The van der Waals surface area contributed by atoms with Crippen LogP contribution in [-0.4, -0.2) is 54.8 Å². The van der Waals surface area contributed by atoms with Gasteiger partial charge in [0.05, 0.1) is 0 Å². The second kappa shape index (κ2) is 8.51. The smallest absolute Gasteiger partial charge is 0.321 e. The molecule has 0 radical (unpaired) electrons. The Morgan fingerprint density at radius 1 is 1.19 bits per heavy atom. The Morgan fingerprint density at radius 2 is 1.85 bits per heavy atom. The van der Waals surface area contributed by atoms with Crippen molar-refractivity contribution in [1.29, 1.82) is 0 Å². The monoisotopic (exact) mass is 358 g/mol. The quantitative estimate of drug-likeness (QED) is 0.811. The average Bonchev–Trinajstić information content (AvgIpc) is 2.63. The molecular formula is C19H26N4O3. The van der Waals surface area contributed by atoms with Crippen LogP contribution in [0.5, 0.6) is 0 Å². The summed E-state index contributed by atoms with van der Waals surface area (Å²) in [7, 11) is 3.33. The van der Waals surface area contributed by atoms with Crippen LogP contribution in [0.2, 0.25) is 0 Å². The maximum atomic E-state index is 12.5. The summed E-state index contributed by atoms with van der Waals surface area (Å²) in [6.45, 7) is 6.49. The second-order valence-corrected chi connectivity index (χ2v) is 6.65. The van der Waals surface area contributed by atoms with E-state index in [-0.39, 0.29) is 23.8 Å². The van der Waals surface area contributed by atoms with Crippen molar-refractivity contribution in [2.45, 2.75) is 19.8 Å². The number of amides is 4. The molecule has 0 unspecified atom stereocenters. The molecule has 2 rings (SSSR count). The van der Waals surface area contributed by atoms with Gasteiger partial charge in [-0.05, 0) is 43.5 Å². The van der Waals surface area contributed by atoms with Crippen LogP contribution in [0.15, 0.2) is 30.9 Å². The number of carbonyl (C=O) groups excluding carboxylic acids is 3. The molecule has 0 aliphatic carbocycles. The Morgan fingerprint density at radius 3 is 2.42 bits per heavy atom. The van der Waals surface area contributed by atoms with Crippen LogP contribution in [-0.2, 0) is 9.59 Å². The molecule has 0 saturated carbocycles. The largest absolute Gasteiger partial charge is 0.339 e. The van der Waals surface area contributed by atoms with E-state index in [9.17, 15) is 14.4 Å². The van der Waals surface area contributed by atoms with Crippen LogP contribution < -0.4 is 10.6 Å². The first kappa shape index (κ1) is 19.5. The van der Waals surface area contributed by atoms with Crippen LogP contribution in [0.3, 0.4) is 0 Å². The first-order chi connectivity index (χ1) is 12.3. The number of piperidine rings is 1. The molecule has 1 aliphatic heterocycles. The first-order valence-corrected chi connectivity index (χ1v) is 8.63. The normalized spacial score (nSPS) is 14.5. The zero-order chi connectivity index (χ0) is 19.3. The van der Waals surface area contributed by atoms with Crippen molar-refractivity contribution in [1.82, 2.24) is 9.80 Å². The molecule has 26 heavy (non-hydrogen) atoms. The van der Waals surface area contributed by atoms with Crippen molar-refractivity contribution >= 4 is 29.2 Å². The van der Waals surface area contributed by atoms with Crippen LogP contribution in [0, 0.1) is 12.8 Å². The molecule has 140 valence electrons. The number of aryl methyl sites for hydroxylation is 1. The molecule has 7 heteroatoms. The number of hydrogen-bond acceptors (Lipinski definition) is 3. The first-order valence-electron chi connectivity index (χ1n) is 8.63. The summed E-state index contributed by atoms with van der Waals surface area (Å²) in [4.78, 5) is 39.1. The van der Waals surface area contributed by atoms with Crippen molar-refractivity contribution in [3.63, 3.8) is 0 Å². The predicted molar refractivity (Wildman–Crippen MR) is 102 cm³/mol. The molecule has 0 bridgehead atoms. The van der Waals surface area contributed by atoms with E-state index in [4.69, 9.17) is 0 Å². The molecule has 1 saturated heterocycles. The predicted octanol–water partition coefficient (Wildman–Crippen LogP) is 2.45. The Bertz CT molecular complexity index is 707. The molecule has 1 heterocycles. The summed E-state index contributed by atoms with van der Waals surface area (Å²) in [6.07, 6.45) is 2.55. The lowest BCUT2D eigenvalue weighted by Gasteiger charge is -2.30. The van der Waals surface area contributed by atoms with Crippen molar-refractivity contribution < 1.29 is 14.4 Å². The maximum absolute atomic E-state index is 12.5. The van der Waals surface area contributed by atoms with Gasteiger partial charge in [-0.25, -0.2) is 4.79 Å². The highest BCUT2D eigenvalue weighted by molar-refractivity contribution is 5.95. The molecule has 1 aromatic rings. The van der Waals surface area contributed by atoms with E-state index in [0.29, 0.717) is 37.3 Å². The number of rotatable bonds is 4. The molecule has 4 amide bonds. The van der Waals surface area contributed by atoms with E-state index in [2.05, 4.69) is 17.2 Å². The Kier molecular flexibility index (Phi) is 6.38. The number of urea groups is 1. The average molecular weight is 358 g/mol. The molecule has 1 fully saturated rings. The SMILES string of the molecule is C=CC(=O)N1CCC(C(=O)Nc2ccc(C)c(NC(=O)N(C)C)c2)CC1. The lowest BCUT2D eigenvalue weighted by molar-refractivity contribution is -0.130. The minimum atomic E-state index is -0.226. The number of anilines is 2. The van der Waals surface area contributed by atoms with Gasteiger partial charge in [0.15, 0.2) is 0 Å². The molecule has 0 atom stereocenters. The molecule has 1 aromatic carbocycles. The number of nitrogens with one attached hydrogen (secondary N) is 2.